The van der Waals surface area contributed by atoms with Crippen molar-refractivity contribution in [3.05, 3.63) is 71.8 Å². The summed E-state index contributed by atoms with van der Waals surface area (Å²) < 4.78 is 9.92. The van der Waals surface area contributed by atoms with Crippen LogP contribution in [-0.4, -0.2) is 18.7 Å². The molecule has 5 heteroatoms. The van der Waals surface area contributed by atoms with Crippen LogP contribution in [0, 0.1) is 0 Å². The minimum absolute atomic E-state index is 0.186. The van der Waals surface area contributed by atoms with Gasteiger partial charge in [0.2, 0.25) is 6.10 Å². The topological polar surface area (TPSA) is 64.6 Å². The SMILES string of the molecule is CCOC(=O)OC(C(=O)NCc1ccccc1)c1ccccc1. The van der Waals surface area contributed by atoms with Crippen molar-refractivity contribution in [1.82, 2.24) is 5.32 Å². The average molecular weight is 313 g/mol. The number of ether oxygens (including phenoxy) is 2. The summed E-state index contributed by atoms with van der Waals surface area (Å²) in [6, 6.07) is 18.3. The lowest BCUT2D eigenvalue weighted by Crippen LogP contribution is -2.32. The molecule has 5 nitrogen and oxygen atoms in total. The van der Waals surface area contributed by atoms with Gasteiger partial charge in [0, 0.05) is 12.1 Å². The normalized spacial score (nSPS) is 11.3. The Morgan fingerprint density at radius 3 is 2.22 bits per heavy atom. The smallest absolute Gasteiger partial charge is 0.435 e. The lowest BCUT2D eigenvalue weighted by molar-refractivity contribution is -0.131. The Morgan fingerprint density at radius 2 is 1.61 bits per heavy atom. The van der Waals surface area contributed by atoms with E-state index in [1.807, 2.05) is 36.4 Å². The van der Waals surface area contributed by atoms with Gasteiger partial charge in [-0.15, -0.1) is 0 Å². The van der Waals surface area contributed by atoms with Crippen molar-refractivity contribution in [2.24, 2.45) is 0 Å². The maximum Gasteiger partial charge on any atom is 0.509 e. The van der Waals surface area contributed by atoms with Crippen LogP contribution in [0.3, 0.4) is 0 Å². The van der Waals surface area contributed by atoms with E-state index in [4.69, 9.17) is 9.47 Å². The number of amides is 1. The molecule has 0 spiro atoms. The largest absolute Gasteiger partial charge is 0.509 e. The lowest BCUT2D eigenvalue weighted by Gasteiger charge is -2.17. The fourth-order valence-electron chi connectivity index (χ4n) is 2.03. The first-order chi connectivity index (χ1) is 11.2. The highest BCUT2D eigenvalue weighted by Crippen LogP contribution is 2.18. The Balaban J connectivity index is 2.06. The molecule has 0 radical (unpaired) electrons. The molecule has 1 amide bonds. The number of hydrogen-bond acceptors (Lipinski definition) is 4. The van der Waals surface area contributed by atoms with Crippen molar-refractivity contribution in [2.75, 3.05) is 6.61 Å². The first-order valence-electron chi connectivity index (χ1n) is 7.40. The Bertz CT molecular complexity index is 628. The number of benzene rings is 2. The van der Waals surface area contributed by atoms with Crippen molar-refractivity contribution in [3.63, 3.8) is 0 Å². The summed E-state index contributed by atoms with van der Waals surface area (Å²) in [5.74, 6) is -0.395. The van der Waals surface area contributed by atoms with Crippen LogP contribution in [0.4, 0.5) is 4.79 Å². The molecule has 0 saturated carbocycles. The second-order valence-electron chi connectivity index (χ2n) is 4.79. The van der Waals surface area contributed by atoms with Crippen LogP contribution in [-0.2, 0) is 20.8 Å². The molecule has 0 bridgehead atoms. The molecule has 2 aromatic carbocycles. The summed E-state index contributed by atoms with van der Waals surface area (Å²) >= 11 is 0. The van der Waals surface area contributed by atoms with Crippen LogP contribution in [0.5, 0.6) is 0 Å². The van der Waals surface area contributed by atoms with Crippen LogP contribution >= 0.6 is 0 Å². The molecule has 2 rings (SSSR count). The van der Waals surface area contributed by atoms with Gasteiger partial charge in [0.05, 0.1) is 6.61 Å². The summed E-state index contributed by atoms with van der Waals surface area (Å²) in [6.07, 6.45) is -1.91. The van der Waals surface area contributed by atoms with Gasteiger partial charge >= 0.3 is 6.16 Å². The van der Waals surface area contributed by atoms with Gasteiger partial charge in [-0.3, -0.25) is 4.79 Å². The van der Waals surface area contributed by atoms with E-state index in [9.17, 15) is 9.59 Å². The third-order valence-corrected chi connectivity index (χ3v) is 3.13. The lowest BCUT2D eigenvalue weighted by atomic mass is 10.1. The zero-order chi connectivity index (χ0) is 16.5. The minimum atomic E-state index is -1.04. The van der Waals surface area contributed by atoms with Gasteiger partial charge in [0.15, 0.2) is 0 Å². The fraction of sp³-hybridized carbons (Fsp3) is 0.222. The van der Waals surface area contributed by atoms with Crippen molar-refractivity contribution in [3.8, 4) is 0 Å². The zero-order valence-corrected chi connectivity index (χ0v) is 12.9. The summed E-state index contributed by atoms with van der Waals surface area (Å²) in [4.78, 5) is 24.0. The van der Waals surface area contributed by atoms with Crippen LogP contribution < -0.4 is 5.32 Å². The highest BCUT2D eigenvalue weighted by molar-refractivity contribution is 5.84. The van der Waals surface area contributed by atoms with Gasteiger partial charge in [-0.05, 0) is 12.5 Å². The molecular weight excluding hydrogens is 294 g/mol. The van der Waals surface area contributed by atoms with Gasteiger partial charge < -0.3 is 14.8 Å². The molecule has 2 aromatic rings. The molecule has 0 fully saturated rings. The Labute approximate surface area is 135 Å². The van der Waals surface area contributed by atoms with Crippen molar-refractivity contribution < 1.29 is 19.1 Å². The molecular formula is C18H19NO4. The molecule has 0 aliphatic heterocycles. The molecule has 120 valence electrons. The fourth-order valence-corrected chi connectivity index (χ4v) is 2.03. The monoisotopic (exact) mass is 313 g/mol. The van der Waals surface area contributed by atoms with Crippen molar-refractivity contribution >= 4 is 12.1 Å². The van der Waals surface area contributed by atoms with E-state index in [1.54, 1.807) is 31.2 Å². The summed E-state index contributed by atoms with van der Waals surface area (Å²) in [6.45, 7) is 2.22. The van der Waals surface area contributed by atoms with E-state index in [0.29, 0.717) is 12.1 Å². The summed E-state index contributed by atoms with van der Waals surface area (Å²) in [7, 11) is 0. The highest BCUT2D eigenvalue weighted by Gasteiger charge is 2.25. The molecule has 0 aliphatic carbocycles. The van der Waals surface area contributed by atoms with Gasteiger partial charge in [-0.2, -0.15) is 0 Å². The number of hydrogen-bond donors (Lipinski definition) is 1. The Kier molecular flexibility index (Phi) is 6.17. The van der Waals surface area contributed by atoms with Crippen molar-refractivity contribution in [1.29, 1.82) is 0 Å². The van der Waals surface area contributed by atoms with Crippen LogP contribution in [0.15, 0.2) is 60.7 Å². The average Bonchev–Trinajstić information content (AvgIpc) is 2.59. The van der Waals surface area contributed by atoms with E-state index in [0.717, 1.165) is 5.56 Å². The van der Waals surface area contributed by atoms with E-state index >= 15 is 0 Å². The van der Waals surface area contributed by atoms with E-state index in [1.165, 1.54) is 0 Å². The molecule has 23 heavy (non-hydrogen) atoms. The Hall–Kier alpha value is -2.82. The van der Waals surface area contributed by atoms with Gasteiger partial charge in [0.1, 0.15) is 0 Å². The first kappa shape index (κ1) is 16.5. The molecule has 0 heterocycles. The third kappa shape index (κ3) is 5.14. The maximum atomic E-state index is 12.4. The first-order valence-corrected chi connectivity index (χ1v) is 7.40. The van der Waals surface area contributed by atoms with Gasteiger partial charge in [-0.1, -0.05) is 60.7 Å². The van der Waals surface area contributed by atoms with E-state index in [2.05, 4.69) is 5.32 Å². The predicted molar refractivity (Wildman–Crippen MR) is 85.6 cm³/mol. The molecule has 0 saturated heterocycles. The predicted octanol–water partition coefficient (Wildman–Crippen LogP) is 3.22. The van der Waals surface area contributed by atoms with E-state index in [-0.39, 0.29) is 6.61 Å². The number of nitrogens with one attached hydrogen (secondary N) is 1. The number of carbonyl (C=O) groups excluding carboxylic acids is 2. The summed E-state index contributed by atoms with van der Waals surface area (Å²) in [5.41, 5.74) is 1.55. The van der Waals surface area contributed by atoms with Crippen LogP contribution in [0.2, 0.25) is 0 Å². The second kappa shape index (κ2) is 8.58. The van der Waals surface area contributed by atoms with Crippen LogP contribution in [0.1, 0.15) is 24.2 Å². The van der Waals surface area contributed by atoms with Gasteiger partial charge in [-0.25, -0.2) is 4.79 Å². The molecule has 0 aliphatic rings. The number of carbonyl (C=O) groups is 2. The standard InChI is InChI=1S/C18H19NO4/c1-2-22-18(21)23-16(15-11-7-4-8-12-15)17(20)19-13-14-9-5-3-6-10-14/h3-12,16H,2,13H2,1H3,(H,19,20). The number of rotatable bonds is 6. The molecule has 1 atom stereocenters. The summed E-state index contributed by atoms with van der Waals surface area (Å²) in [5, 5.41) is 2.77. The molecule has 1 N–H and O–H groups in total. The van der Waals surface area contributed by atoms with Gasteiger partial charge in [0.25, 0.3) is 5.91 Å². The minimum Gasteiger partial charge on any atom is -0.435 e. The molecule has 0 aromatic heterocycles. The molecule has 1 unspecified atom stereocenters. The third-order valence-electron chi connectivity index (χ3n) is 3.13. The van der Waals surface area contributed by atoms with Crippen LogP contribution in [0.25, 0.3) is 0 Å². The zero-order valence-electron chi connectivity index (χ0n) is 12.9. The van der Waals surface area contributed by atoms with E-state index < -0.39 is 18.2 Å². The van der Waals surface area contributed by atoms with Crippen molar-refractivity contribution in [2.45, 2.75) is 19.6 Å². The second-order valence-corrected chi connectivity index (χ2v) is 4.79. The maximum absolute atomic E-state index is 12.4. The highest BCUT2D eigenvalue weighted by atomic mass is 16.7. The quantitative estimate of drug-likeness (QED) is 0.832. The Morgan fingerprint density at radius 1 is 1.00 bits per heavy atom.